The number of carbonyl (C=O) groups excluding carboxylic acids is 3. The van der Waals surface area contributed by atoms with Crippen molar-refractivity contribution in [2.45, 2.75) is 122 Å². The molecule has 10 heteroatoms. The van der Waals surface area contributed by atoms with Crippen molar-refractivity contribution >= 4 is 17.7 Å². The second kappa shape index (κ2) is 21.6. The number of likely N-dealkylation sites (N-methyl/N-ethyl adjacent to an activating group) is 1. The molecule has 0 aromatic carbocycles. The summed E-state index contributed by atoms with van der Waals surface area (Å²) in [6.45, 7) is 4.25. The summed E-state index contributed by atoms with van der Waals surface area (Å²) in [5.41, 5.74) is -2.25. The number of rotatable bonds is 24. The molecule has 4 heterocycles. The van der Waals surface area contributed by atoms with Crippen LogP contribution in [0.4, 0.5) is 0 Å². The van der Waals surface area contributed by atoms with Crippen LogP contribution in [0.3, 0.4) is 0 Å². The van der Waals surface area contributed by atoms with Gasteiger partial charge in [0.1, 0.15) is 0 Å². The maximum Gasteiger partial charge on any atom is 0.322 e. The van der Waals surface area contributed by atoms with Crippen molar-refractivity contribution in [2.75, 3.05) is 61.0 Å². The predicted octanol–water partition coefficient (Wildman–Crippen LogP) is 7.60. The van der Waals surface area contributed by atoms with E-state index in [1.807, 2.05) is 50.5 Å². The third-order valence-electron chi connectivity index (χ3n) is 11.5. The summed E-state index contributed by atoms with van der Waals surface area (Å²) < 4.78 is 11.1. The summed E-state index contributed by atoms with van der Waals surface area (Å²) in [4.78, 5) is 59.9. The Hall–Kier alpha value is -3.21. The van der Waals surface area contributed by atoms with Gasteiger partial charge in [-0.05, 0) is 51.3 Å². The van der Waals surface area contributed by atoms with Crippen LogP contribution in [-0.2, 0) is 23.9 Å². The highest BCUT2D eigenvalue weighted by molar-refractivity contribution is 6.17. The molecule has 10 nitrogen and oxygen atoms in total. The quantitative estimate of drug-likeness (QED) is 0.0609. The van der Waals surface area contributed by atoms with Gasteiger partial charge in [-0.3, -0.25) is 34.2 Å². The number of hydrogen-bond acceptors (Lipinski definition) is 10. The minimum Gasteiger partial charge on any atom is -0.468 e. The molecule has 2 aliphatic rings. The number of aromatic nitrogens is 2. The average Bonchev–Trinajstić information content (AvgIpc) is 3.17. The topological polar surface area (TPSA) is 105 Å². The van der Waals surface area contributed by atoms with Gasteiger partial charge in [-0.1, -0.05) is 115 Å². The monoisotopic (exact) mass is 734 g/mol. The number of unbranched alkanes of at least 4 members (excludes halogenated alkanes) is 15. The molecule has 0 aliphatic carbocycles. The molecule has 4 rings (SSSR count). The number of likely N-dealkylation sites (tertiary alicyclic amines) is 2. The Morgan fingerprint density at radius 3 is 1.45 bits per heavy atom. The Bertz CT molecular complexity index is 1310. The van der Waals surface area contributed by atoms with E-state index in [1.54, 1.807) is 12.4 Å². The molecule has 0 saturated carbocycles. The summed E-state index contributed by atoms with van der Waals surface area (Å²) >= 11 is 0. The zero-order valence-electron chi connectivity index (χ0n) is 33.4. The minimum atomic E-state index is -1.72. The van der Waals surface area contributed by atoms with Gasteiger partial charge in [0.15, 0.2) is 16.6 Å². The largest absolute Gasteiger partial charge is 0.468 e. The van der Waals surface area contributed by atoms with Crippen molar-refractivity contribution in [2.24, 2.45) is 10.8 Å². The average molecular weight is 734 g/mol. The van der Waals surface area contributed by atoms with Crippen molar-refractivity contribution in [3.8, 4) is 0 Å². The van der Waals surface area contributed by atoms with Crippen molar-refractivity contribution < 1.29 is 23.9 Å². The van der Waals surface area contributed by atoms with E-state index in [0.717, 1.165) is 19.3 Å². The van der Waals surface area contributed by atoms with Crippen molar-refractivity contribution in [1.82, 2.24) is 24.7 Å². The smallest absolute Gasteiger partial charge is 0.322 e. The molecule has 0 amide bonds. The standard InChI is InChI=1S/C43H67N5O5/c1-6-7-8-9-10-11-12-13-14-15-16-17-18-19-20-25-30-48-37(35-26-21-23-28-44-35)42(40(50)52-4)33-47(32-31-46(2)3)34-43(39(42)49,41(51)53-5)38(48)36-27-22-24-29-45-36/h21-24,26-29,37-38H,6-20,25,30-34H2,1-5H3/t37-,38+,42-,43+. The number of methoxy groups -OCH3 is 2. The molecule has 2 aromatic heterocycles. The van der Waals surface area contributed by atoms with Crippen LogP contribution in [0.5, 0.6) is 0 Å². The van der Waals surface area contributed by atoms with E-state index in [9.17, 15) is 9.59 Å². The fourth-order valence-electron chi connectivity index (χ4n) is 8.86. The molecule has 294 valence electrons. The number of pyridine rings is 2. The summed E-state index contributed by atoms with van der Waals surface area (Å²) in [7, 11) is 6.61. The van der Waals surface area contributed by atoms with E-state index in [2.05, 4.69) is 21.6 Å². The maximum atomic E-state index is 15.4. The van der Waals surface area contributed by atoms with Gasteiger partial charge in [0.25, 0.3) is 0 Å². The third-order valence-corrected chi connectivity index (χ3v) is 11.5. The number of Topliss-reactive ketones (excluding diaryl/α,β-unsaturated/α-hetero) is 1. The Balaban J connectivity index is 1.55. The van der Waals surface area contributed by atoms with Gasteiger partial charge in [-0.2, -0.15) is 0 Å². The number of fused-ring (bicyclic) bond motifs is 2. The number of carbonyl (C=O) groups is 3. The Morgan fingerprint density at radius 2 is 1.09 bits per heavy atom. The molecule has 0 N–H and O–H groups in total. The number of nitrogens with zero attached hydrogens (tertiary/aromatic N) is 5. The van der Waals surface area contributed by atoms with Crippen LogP contribution in [0.25, 0.3) is 0 Å². The van der Waals surface area contributed by atoms with E-state index in [-0.39, 0.29) is 13.1 Å². The highest BCUT2D eigenvalue weighted by atomic mass is 16.5. The Labute approximate surface area is 319 Å². The van der Waals surface area contributed by atoms with Gasteiger partial charge in [-0.25, -0.2) is 0 Å². The van der Waals surface area contributed by atoms with Crippen LogP contribution in [0.15, 0.2) is 48.8 Å². The number of hydrogen-bond donors (Lipinski definition) is 0. The molecule has 0 spiro atoms. The van der Waals surface area contributed by atoms with E-state index in [1.165, 1.54) is 97.7 Å². The van der Waals surface area contributed by atoms with Crippen LogP contribution in [0.1, 0.15) is 133 Å². The van der Waals surface area contributed by atoms with Gasteiger partial charge in [0.05, 0.1) is 37.7 Å². The fourth-order valence-corrected chi connectivity index (χ4v) is 8.86. The van der Waals surface area contributed by atoms with Crippen LogP contribution in [-0.4, -0.2) is 103 Å². The molecule has 2 bridgehead atoms. The molecular formula is C43H67N5O5. The van der Waals surface area contributed by atoms with Crippen LogP contribution >= 0.6 is 0 Å². The zero-order valence-corrected chi connectivity index (χ0v) is 33.4. The second-order valence-electron chi connectivity index (χ2n) is 15.6. The summed E-state index contributed by atoms with van der Waals surface area (Å²) in [6.07, 6.45) is 23.6. The number of esters is 2. The first-order valence-corrected chi connectivity index (χ1v) is 20.4. The lowest BCUT2D eigenvalue weighted by molar-refractivity contribution is -0.206. The summed E-state index contributed by atoms with van der Waals surface area (Å²) in [5.74, 6) is -1.78. The molecule has 0 unspecified atom stereocenters. The second-order valence-corrected chi connectivity index (χ2v) is 15.6. The molecule has 2 saturated heterocycles. The number of piperidine rings is 2. The van der Waals surface area contributed by atoms with Crippen molar-refractivity contribution in [3.05, 3.63) is 60.2 Å². The molecular weight excluding hydrogens is 667 g/mol. The lowest BCUT2D eigenvalue weighted by Gasteiger charge is -2.61. The Morgan fingerprint density at radius 1 is 0.679 bits per heavy atom. The maximum absolute atomic E-state index is 15.4. The van der Waals surface area contributed by atoms with Crippen molar-refractivity contribution in [3.63, 3.8) is 0 Å². The predicted molar refractivity (Wildman–Crippen MR) is 209 cm³/mol. The van der Waals surface area contributed by atoms with Crippen LogP contribution < -0.4 is 0 Å². The SMILES string of the molecule is CCCCCCCCCCCCCCCCCCN1[C@@H](c2ccccn2)[C@@]2(C(=O)OC)CN(CCN(C)C)C[C@](C(=O)OC)(C2=O)[C@H]1c1ccccn1. The van der Waals surface area contributed by atoms with E-state index in [0.29, 0.717) is 31.0 Å². The van der Waals surface area contributed by atoms with Gasteiger partial charge in [0, 0.05) is 38.6 Å². The normalized spacial score (nSPS) is 23.3. The molecule has 2 fully saturated rings. The minimum absolute atomic E-state index is 0.108. The summed E-state index contributed by atoms with van der Waals surface area (Å²) in [5, 5.41) is 0. The van der Waals surface area contributed by atoms with Gasteiger partial charge in [0.2, 0.25) is 0 Å². The van der Waals surface area contributed by atoms with Gasteiger partial charge < -0.3 is 14.4 Å². The lowest BCUT2D eigenvalue weighted by atomic mass is 9.54. The zero-order chi connectivity index (χ0) is 38.1. The third kappa shape index (κ3) is 10.3. The molecule has 2 aromatic rings. The Kier molecular flexibility index (Phi) is 17.4. The lowest BCUT2D eigenvalue weighted by Crippen LogP contribution is -2.76. The summed E-state index contributed by atoms with van der Waals surface area (Å²) in [6, 6.07) is 9.62. The highest BCUT2D eigenvalue weighted by Crippen LogP contribution is 2.60. The van der Waals surface area contributed by atoms with E-state index < -0.39 is 40.6 Å². The van der Waals surface area contributed by atoms with Crippen molar-refractivity contribution in [1.29, 1.82) is 0 Å². The molecule has 53 heavy (non-hydrogen) atoms. The number of ether oxygens (including phenoxy) is 2. The number of ketones is 1. The highest BCUT2D eigenvalue weighted by Gasteiger charge is 2.75. The van der Waals surface area contributed by atoms with Crippen LogP contribution in [0.2, 0.25) is 0 Å². The van der Waals surface area contributed by atoms with E-state index in [4.69, 9.17) is 19.4 Å². The molecule has 2 aliphatic heterocycles. The first kappa shape index (κ1) is 42.5. The first-order valence-electron chi connectivity index (χ1n) is 20.4. The molecule has 0 radical (unpaired) electrons. The fraction of sp³-hybridized carbons (Fsp3) is 0.698. The van der Waals surface area contributed by atoms with Gasteiger partial charge >= 0.3 is 11.9 Å². The molecule has 4 atom stereocenters. The van der Waals surface area contributed by atoms with Gasteiger partial charge in [-0.15, -0.1) is 0 Å². The first-order chi connectivity index (χ1) is 25.8. The van der Waals surface area contributed by atoms with E-state index >= 15 is 4.79 Å². The van der Waals surface area contributed by atoms with Crippen LogP contribution in [0, 0.1) is 10.8 Å².